The molecule has 0 saturated carbocycles. The molecule has 2 nitrogen and oxygen atoms in total. The highest BCUT2D eigenvalue weighted by molar-refractivity contribution is 9.10. The Hall–Kier alpha value is -1.19. The minimum atomic E-state index is -0.109. The van der Waals surface area contributed by atoms with Crippen LogP contribution >= 0.6 is 15.9 Å². The molecular weight excluding hydrogens is 264 g/mol. The van der Waals surface area contributed by atoms with E-state index in [1.54, 1.807) is 0 Å². The van der Waals surface area contributed by atoms with Crippen molar-refractivity contribution in [1.29, 1.82) is 0 Å². The smallest absolute Gasteiger partial charge is 0.106 e. The molecule has 0 amide bonds. The molecule has 16 heavy (non-hydrogen) atoms. The number of halogens is 1. The predicted octanol–water partition coefficient (Wildman–Crippen LogP) is 3.20. The zero-order valence-electron chi connectivity index (χ0n) is 9.02. The minimum absolute atomic E-state index is 0.109. The van der Waals surface area contributed by atoms with Gasteiger partial charge in [-0.25, -0.2) is 4.98 Å². The molecule has 82 valence electrons. The van der Waals surface area contributed by atoms with Crippen LogP contribution in [0, 0.1) is 6.92 Å². The van der Waals surface area contributed by atoms with E-state index in [4.69, 9.17) is 5.73 Å². The molecule has 2 N–H and O–H groups in total. The number of nitrogens with zero attached hydrogens (tertiary/aromatic N) is 1. The van der Waals surface area contributed by atoms with Gasteiger partial charge in [0.25, 0.3) is 0 Å². The van der Waals surface area contributed by atoms with Crippen LogP contribution in [0.5, 0.6) is 0 Å². The standard InChI is InChI=1S/C13H13BrN2/c1-9-7-12(14)16-8-11(9)13(15)10-5-3-2-4-6-10/h2-8,13H,15H2,1H3/t13-/m1/s1. The van der Waals surface area contributed by atoms with E-state index < -0.39 is 0 Å². The Kier molecular flexibility index (Phi) is 3.36. The maximum absolute atomic E-state index is 6.21. The summed E-state index contributed by atoms with van der Waals surface area (Å²) >= 11 is 3.35. The van der Waals surface area contributed by atoms with Gasteiger partial charge in [0.15, 0.2) is 0 Å². The van der Waals surface area contributed by atoms with Crippen LogP contribution in [0.15, 0.2) is 47.2 Å². The summed E-state index contributed by atoms with van der Waals surface area (Å²) in [6.07, 6.45) is 1.83. The van der Waals surface area contributed by atoms with Gasteiger partial charge in [0, 0.05) is 6.20 Å². The van der Waals surface area contributed by atoms with Gasteiger partial charge in [-0.05, 0) is 45.6 Å². The SMILES string of the molecule is Cc1cc(Br)ncc1[C@H](N)c1ccccc1. The number of aryl methyl sites for hydroxylation is 1. The summed E-state index contributed by atoms with van der Waals surface area (Å²) in [5.74, 6) is 0. The number of benzene rings is 1. The van der Waals surface area contributed by atoms with Crippen molar-refractivity contribution in [1.82, 2.24) is 4.98 Å². The van der Waals surface area contributed by atoms with Gasteiger partial charge in [-0.1, -0.05) is 30.3 Å². The Morgan fingerprint density at radius 3 is 2.56 bits per heavy atom. The third kappa shape index (κ3) is 2.31. The molecule has 1 heterocycles. The zero-order valence-corrected chi connectivity index (χ0v) is 10.6. The van der Waals surface area contributed by atoms with E-state index in [1.165, 1.54) is 0 Å². The largest absolute Gasteiger partial charge is 0.320 e. The van der Waals surface area contributed by atoms with Crippen molar-refractivity contribution in [3.8, 4) is 0 Å². The lowest BCUT2D eigenvalue weighted by Gasteiger charge is -2.14. The molecule has 0 bridgehead atoms. The van der Waals surface area contributed by atoms with E-state index >= 15 is 0 Å². The third-order valence-electron chi connectivity index (χ3n) is 2.61. The summed E-state index contributed by atoms with van der Waals surface area (Å²) in [7, 11) is 0. The van der Waals surface area contributed by atoms with Crippen LogP contribution in [0.25, 0.3) is 0 Å². The molecule has 1 aromatic carbocycles. The van der Waals surface area contributed by atoms with Gasteiger partial charge >= 0.3 is 0 Å². The predicted molar refractivity (Wildman–Crippen MR) is 69.1 cm³/mol. The number of rotatable bonds is 2. The van der Waals surface area contributed by atoms with Crippen molar-refractivity contribution in [3.63, 3.8) is 0 Å². The van der Waals surface area contributed by atoms with Crippen LogP contribution in [-0.2, 0) is 0 Å². The Bertz CT molecular complexity index is 483. The number of hydrogen-bond donors (Lipinski definition) is 1. The van der Waals surface area contributed by atoms with E-state index in [-0.39, 0.29) is 6.04 Å². The second-order valence-electron chi connectivity index (χ2n) is 3.75. The van der Waals surface area contributed by atoms with E-state index in [1.807, 2.05) is 49.5 Å². The van der Waals surface area contributed by atoms with Crippen molar-refractivity contribution >= 4 is 15.9 Å². The second-order valence-corrected chi connectivity index (χ2v) is 4.56. The summed E-state index contributed by atoms with van der Waals surface area (Å²) < 4.78 is 0.842. The summed E-state index contributed by atoms with van der Waals surface area (Å²) in [6, 6.07) is 11.9. The fourth-order valence-electron chi connectivity index (χ4n) is 1.70. The lowest BCUT2D eigenvalue weighted by atomic mass is 9.98. The average molecular weight is 277 g/mol. The fourth-order valence-corrected chi connectivity index (χ4v) is 2.14. The highest BCUT2D eigenvalue weighted by Gasteiger charge is 2.11. The number of nitrogens with two attached hydrogens (primary N) is 1. The maximum atomic E-state index is 6.21. The van der Waals surface area contributed by atoms with Crippen LogP contribution in [-0.4, -0.2) is 4.98 Å². The molecular formula is C13H13BrN2. The van der Waals surface area contributed by atoms with E-state index in [0.29, 0.717) is 0 Å². The summed E-state index contributed by atoms with van der Waals surface area (Å²) in [4.78, 5) is 4.22. The first-order chi connectivity index (χ1) is 7.68. The van der Waals surface area contributed by atoms with E-state index in [2.05, 4.69) is 20.9 Å². The number of hydrogen-bond acceptors (Lipinski definition) is 2. The van der Waals surface area contributed by atoms with Gasteiger partial charge in [0.1, 0.15) is 4.60 Å². The van der Waals surface area contributed by atoms with Crippen molar-refractivity contribution in [2.24, 2.45) is 5.73 Å². The van der Waals surface area contributed by atoms with E-state index in [0.717, 1.165) is 21.3 Å². The van der Waals surface area contributed by atoms with Crippen LogP contribution in [0.2, 0.25) is 0 Å². The molecule has 1 atom stereocenters. The molecule has 0 aliphatic rings. The highest BCUT2D eigenvalue weighted by Crippen LogP contribution is 2.23. The zero-order chi connectivity index (χ0) is 11.5. The Balaban J connectivity index is 2.38. The summed E-state index contributed by atoms with van der Waals surface area (Å²) in [5.41, 5.74) is 9.53. The van der Waals surface area contributed by atoms with Gasteiger partial charge in [0.2, 0.25) is 0 Å². The molecule has 0 aliphatic carbocycles. The second kappa shape index (κ2) is 4.76. The minimum Gasteiger partial charge on any atom is -0.320 e. The van der Waals surface area contributed by atoms with Crippen molar-refractivity contribution in [2.45, 2.75) is 13.0 Å². The number of aromatic nitrogens is 1. The molecule has 2 rings (SSSR count). The fraction of sp³-hybridized carbons (Fsp3) is 0.154. The lowest BCUT2D eigenvalue weighted by molar-refractivity contribution is 0.851. The summed E-state index contributed by atoms with van der Waals surface area (Å²) in [5, 5.41) is 0. The first-order valence-corrected chi connectivity index (χ1v) is 5.90. The first-order valence-electron chi connectivity index (χ1n) is 5.11. The van der Waals surface area contributed by atoms with Crippen LogP contribution in [0.4, 0.5) is 0 Å². The molecule has 3 heteroatoms. The Labute approximate surface area is 104 Å². The Morgan fingerprint density at radius 1 is 1.25 bits per heavy atom. The molecule has 0 radical (unpaired) electrons. The average Bonchev–Trinajstić information content (AvgIpc) is 2.29. The van der Waals surface area contributed by atoms with Crippen molar-refractivity contribution in [3.05, 3.63) is 63.9 Å². The number of pyridine rings is 1. The van der Waals surface area contributed by atoms with Crippen molar-refractivity contribution in [2.75, 3.05) is 0 Å². The van der Waals surface area contributed by atoms with Crippen LogP contribution < -0.4 is 5.73 Å². The first kappa shape index (κ1) is 11.3. The molecule has 0 saturated heterocycles. The molecule has 0 fully saturated rings. The molecule has 0 unspecified atom stereocenters. The van der Waals surface area contributed by atoms with Gasteiger partial charge in [-0.15, -0.1) is 0 Å². The molecule has 2 aromatic rings. The van der Waals surface area contributed by atoms with Gasteiger partial charge < -0.3 is 5.73 Å². The normalized spacial score (nSPS) is 12.4. The molecule has 1 aromatic heterocycles. The monoisotopic (exact) mass is 276 g/mol. The van der Waals surface area contributed by atoms with Gasteiger partial charge in [-0.2, -0.15) is 0 Å². The summed E-state index contributed by atoms with van der Waals surface area (Å²) in [6.45, 7) is 2.05. The molecule has 0 aliphatic heterocycles. The Morgan fingerprint density at radius 2 is 1.94 bits per heavy atom. The van der Waals surface area contributed by atoms with Gasteiger partial charge in [-0.3, -0.25) is 0 Å². The lowest BCUT2D eigenvalue weighted by Crippen LogP contribution is -2.13. The quantitative estimate of drug-likeness (QED) is 0.856. The topological polar surface area (TPSA) is 38.9 Å². The highest BCUT2D eigenvalue weighted by atomic mass is 79.9. The molecule has 0 spiro atoms. The van der Waals surface area contributed by atoms with Crippen LogP contribution in [0.3, 0.4) is 0 Å². The van der Waals surface area contributed by atoms with Crippen LogP contribution in [0.1, 0.15) is 22.7 Å². The van der Waals surface area contributed by atoms with Gasteiger partial charge in [0.05, 0.1) is 6.04 Å². The maximum Gasteiger partial charge on any atom is 0.106 e. The van der Waals surface area contributed by atoms with Crippen molar-refractivity contribution < 1.29 is 0 Å². The third-order valence-corrected chi connectivity index (χ3v) is 3.05. The van der Waals surface area contributed by atoms with E-state index in [9.17, 15) is 0 Å².